The molecule has 0 fully saturated rings. The summed E-state index contributed by atoms with van der Waals surface area (Å²) in [6, 6.07) is 10.4. The van der Waals surface area contributed by atoms with Gasteiger partial charge in [0.05, 0.1) is 0 Å². The number of rotatable bonds is 4. The van der Waals surface area contributed by atoms with Crippen molar-refractivity contribution >= 4 is 23.2 Å². The molecule has 20 heavy (non-hydrogen) atoms. The van der Waals surface area contributed by atoms with Gasteiger partial charge in [0, 0.05) is 21.7 Å². The molecule has 2 aromatic carbocycles. The molecule has 1 atom stereocenters. The Morgan fingerprint density at radius 3 is 2.50 bits per heavy atom. The fourth-order valence-corrected chi connectivity index (χ4v) is 2.84. The van der Waals surface area contributed by atoms with Crippen LogP contribution in [0.4, 0.5) is 4.39 Å². The normalized spacial score (nSPS) is 12.4. The van der Waals surface area contributed by atoms with Crippen molar-refractivity contribution < 1.29 is 4.39 Å². The van der Waals surface area contributed by atoms with E-state index in [9.17, 15) is 4.39 Å². The summed E-state index contributed by atoms with van der Waals surface area (Å²) in [4.78, 5) is 0. The van der Waals surface area contributed by atoms with E-state index in [4.69, 9.17) is 23.2 Å². The maximum absolute atomic E-state index is 14.0. The van der Waals surface area contributed by atoms with Crippen molar-refractivity contribution in [3.05, 3.63) is 69.0 Å². The highest BCUT2D eigenvalue weighted by atomic mass is 35.5. The zero-order valence-electron chi connectivity index (χ0n) is 11.4. The SMILES string of the molecule is CNC(Cc1ccc(C)cc1Cl)c1c(F)cccc1Cl. The van der Waals surface area contributed by atoms with Crippen LogP contribution in [0, 0.1) is 12.7 Å². The lowest BCUT2D eigenvalue weighted by atomic mass is 9.97. The maximum Gasteiger partial charge on any atom is 0.129 e. The molecular formula is C16H16Cl2FN. The topological polar surface area (TPSA) is 12.0 Å². The summed E-state index contributed by atoms with van der Waals surface area (Å²) in [5.74, 6) is -0.305. The average molecular weight is 312 g/mol. The first-order valence-corrected chi connectivity index (χ1v) is 7.14. The van der Waals surface area contributed by atoms with Crippen molar-refractivity contribution in [3.63, 3.8) is 0 Å². The molecule has 0 aliphatic rings. The van der Waals surface area contributed by atoms with Crippen molar-refractivity contribution in [3.8, 4) is 0 Å². The van der Waals surface area contributed by atoms with Crippen LogP contribution in [0.15, 0.2) is 36.4 Å². The van der Waals surface area contributed by atoms with Crippen LogP contribution in [-0.2, 0) is 6.42 Å². The van der Waals surface area contributed by atoms with Crippen LogP contribution in [0.2, 0.25) is 10.0 Å². The second-order valence-corrected chi connectivity index (χ2v) is 5.59. The third-order valence-electron chi connectivity index (χ3n) is 3.33. The lowest BCUT2D eigenvalue weighted by Gasteiger charge is -2.19. The van der Waals surface area contributed by atoms with Crippen LogP contribution in [0.1, 0.15) is 22.7 Å². The van der Waals surface area contributed by atoms with Crippen LogP contribution in [0.5, 0.6) is 0 Å². The highest BCUT2D eigenvalue weighted by Gasteiger charge is 2.19. The van der Waals surface area contributed by atoms with Crippen LogP contribution < -0.4 is 5.32 Å². The predicted octanol–water partition coefficient (Wildman–Crippen LogP) is 4.94. The van der Waals surface area contributed by atoms with Crippen molar-refractivity contribution in [1.82, 2.24) is 5.32 Å². The van der Waals surface area contributed by atoms with Gasteiger partial charge in [0.15, 0.2) is 0 Å². The Morgan fingerprint density at radius 1 is 1.15 bits per heavy atom. The summed E-state index contributed by atoms with van der Waals surface area (Å²) in [5.41, 5.74) is 2.55. The van der Waals surface area contributed by atoms with Crippen molar-refractivity contribution in [1.29, 1.82) is 0 Å². The van der Waals surface area contributed by atoms with Gasteiger partial charge in [0.25, 0.3) is 0 Å². The summed E-state index contributed by atoms with van der Waals surface area (Å²) >= 11 is 12.4. The van der Waals surface area contributed by atoms with Gasteiger partial charge in [-0.15, -0.1) is 0 Å². The highest BCUT2D eigenvalue weighted by molar-refractivity contribution is 6.31. The van der Waals surface area contributed by atoms with E-state index in [1.54, 1.807) is 19.2 Å². The van der Waals surface area contributed by atoms with Crippen LogP contribution in [0.3, 0.4) is 0 Å². The number of aryl methyl sites for hydroxylation is 1. The molecule has 0 saturated carbocycles. The first kappa shape index (κ1) is 15.3. The van der Waals surface area contributed by atoms with Gasteiger partial charge < -0.3 is 5.32 Å². The molecule has 0 spiro atoms. The third kappa shape index (κ3) is 3.32. The molecule has 0 aliphatic carbocycles. The fraction of sp³-hybridized carbons (Fsp3) is 0.250. The van der Waals surface area contributed by atoms with E-state index in [-0.39, 0.29) is 11.9 Å². The largest absolute Gasteiger partial charge is 0.313 e. The molecule has 2 aromatic rings. The Kier molecular flexibility index (Phi) is 5.03. The van der Waals surface area contributed by atoms with E-state index in [0.29, 0.717) is 22.0 Å². The minimum Gasteiger partial charge on any atom is -0.313 e. The summed E-state index contributed by atoms with van der Waals surface area (Å²) < 4.78 is 14.0. The second kappa shape index (κ2) is 6.57. The third-order valence-corrected chi connectivity index (χ3v) is 4.01. The van der Waals surface area contributed by atoms with Gasteiger partial charge in [0.1, 0.15) is 5.82 Å². The molecule has 0 saturated heterocycles. The van der Waals surface area contributed by atoms with Gasteiger partial charge in [-0.05, 0) is 49.7 Å². The van der Waals surface area contributed by atoms with Crippen molar-refractivity contribution in [2.24, 2.45) is 0 Å². The lowest BCUT2D eigenvalue weighted by Crippen LogP contribution is -2.20. The quantitative estimate of drug-likeness (QED) is 0.843. The van der Waals surface area contributed by atoms with Gasteiger partial charge >= 0.3 is 0 Å². The average Bonchev–Trinajstić information content (AvgIpc) is 2.39. The minimum atomic E-state index is -0.305. The molecule has 0 aliphatic heterocycles. The Bertz CT molecular complexity index is 593. The molecule has 0 aromatic heterocycles. The van der Waals surface area contributed by atoms with E-state index in [0.717, 1.165) is 11.1 Å². The number of nitrogens with one attached hydrogen (secondary N) is 1. The van der Waals surface area contributed by atoms with E-state index in [1.165, 1.54) is 6.07 Å². The highest BCUT2D eigenvalue weighted by Crippen LogP contribution is 2.30. The maximum atomic E-state index is 14.0. The first-order chi connectivity index (χ1) is 9.52. The molecule has 0 heterocycles. The fourth-order valence-electron chi connectivity index (χ4n) is 2.23. The lowest BCUT2D eigenvalue weighted by molar-refractivity contribution is 0.534. The minimum absolute atomic E-state index is 0.219. The zero-order valence-corrected chi connectivity index (χ0v) is 12.9. The molecule has 0 bridgehead atoms. The molecule has 106 valence electrons. The summed E-state index contributed by atoms with van der Waals surface area (Å²) in [6.45, 7) is 1.99. The summed E-state index contributed by atoms with van der Waals surface area (Å²) in [5, 5.41) is 4.22. The van der Waals surface area contributed by atoms with Crippen LogP contribution >= 0.6 is 23.2 Å². The van der Waals surface area contributed by atoms with Crippen LogP contribution in [0.25, 0.3) is 0 Å². The molecule has 1 N–H and O–H groups in total. The van der Waals surface area contributed by atoms with E-state index < -0.39 is 0 Å². The monoisotopic (exact) mass is 311 g/mol. The zero-order chi connectivity index (χ0) is 14.7. The Labute approximate surface area is 128 Å². The van der Waals surface area contributed by atoms with E-state index in [2.05, 4.69) is 5.32 Å². The molecular weight excluding hydrogens is 296 g/mol. The molecule has 4 heteroatoms. The molecule has 0 amide bonds. The van der Waals surface area contributed by atoms with Crippen LogP contribution in [-0.4, -0.2) is 7.05 Å². The van der Waals surface area contributed by atoms with Gasteiger partial charge in [-0.1, -0.05) is 41.4 Å². The summed E-state index contributed by atoms with van der Waals surface area (Å²) in [6.07, 6.45) is 0.580. The predicted molar refractivity (Wildman–Crippen MR) is 83.1 cm³/mol. The van der Waals surface area contributed by atoms with Crippen molar-refractivity contribution in [2.45, 2.75) is 19.4 Å². The van der Waals surface area contributed by atoms with Gasteiger partial charge in [0.2, 0.25) is 0 Å². The van der Waals surface area contributed by atoms with E-state index in [1.807, 2.05) is 25.1 Å². The molecule has 0 radical (unpaired) electrons. The Hall–Kier alpha value is -1.09. The van der Waals surface area contributed by atoms with Gasteiger partial charge in [-0.2, -0.15) is 0 Å². The van der Waals surface area contributed by atoms with Gasteiger partial charge in [-0.25, -0.2) is 4.39 Å². The summed E-state index contributed by atoms with van der Waals surface area (Å²) in [7, 11) is 1.79. The number of likely N-dealkylation sites (N-methyl/N-ethyl adjacent to an activating group) is 1. The molecule has 2 rings (SSSR count). The second-order valence-electron chi connectivity index (χ2n) is 4.78. The number of benzene rings is 2. The Balaban J connectivity index is 2.34. The van der Waals surface area contributed by atoms with Gasteiger partial charge in [-0.3, -0.25) is 0 Å². The smallest absolute Gasteiger partial charge is 0.129 e. The molecule has 1 nitrogen and oxygen atoms in total. The number of halogens is 3. The Morgan fingerprint density at radius 2 is 1.90 bits per heavy atom. The number of hydrogen-bond donors (Lipinski definition) is 1. The first-order valence-electron chi connectivity index (χ1n) is 6.39. The standard InChI is InChI=1S/C16H16Cl2FN/c1-10-6-7-11(13(18)8-10)9-15(20-2)16-12(17)4-3-5-14(16)19/h3-8,15,20H,9H2,1-2H3. The van der Waals surface area contributed by atoms with Crippen molar-refractivity contribution in [2.75, 3.05) is 7.05 Å². The number of hydrogen-bond acceptors (Lipinski definition) is 1. The molecule has 1 unspecified atom stereocenters. The van der Waals surface area contributed by atoms with E-state index >= 15 is 0 Å².